The van der Waals surface area contributed by atoms with Crippen LogP contribution in [0.2, 0.25) is 5.02 Å². The topological polar surface area (TPSA) is 76.0 Å². The highest BCUT2D eigenvalue weighted by Crippen LogP contribution is 2.26. The predicted octanol–water partition coefficient (Wildman–Crippen LogP) is 4.26. The number of hydrogen-bond donors (Lipinski definition) is 2. The van der Waals surface area contributed by atoms with Crippen molar-refractivity contribution in [3.8, 4) is 0 Å². The Morgan fingerprint density at radius 2 is 2.04 bits per heavy atom. The zero-order valence-electron chi connectivity index (χ0n) is 15.2. The smallest absolute Gasteiger partial charge is 0.248 e. The molecular formula is C19H23ClN4O2. The van der Waals surface area contributed by atoms with Gasteiger partial charge in [-0.1, -0.05) is 17.7 Å². The molecule has 1 unspecified atom stereocenters. The molecule has 2 rings (SSSR count). The quantitative estimate of drug-likeness (QED) is 0.711. The fourth-order valence-corrected chi connectivity index (χ4v) is 2.77. The molecule has 0 aliphatic heterocycles. The summed E-state index contributed by atoms with van der Waals surface area (Å²) in [5, 5.41) is 10.2. The van der Waals surface area contributed by atoms with Crippen molar-refractivity contribution in [2.24, 2.45) is 0 Å². The minimum absolute atomic E-state index is 0.115. The highest BCUT2D eigenvalue weighted by molar-refractivity contribution is 6.34. The van der Waals surface area contributed by atoms with Crippen molar-refractivity contribution in [2.45, 2.75) is 39.7 Å². The van der Waals surface area contributed by atoms with E-state index in [9.17, 15) is 9.59 Å². The second kappa shape index (κ2) is 8.67. The number of aryl methyl sites for hydroxylation is 2. The molecule has 6 nitrogen and oxygen atoms in total. The summed E-state index contributed by atoms with van der Waals surface area (Å²) in [6, 6.07) is 6.41. The van der Waals surface area contributed by atoms with Gasteiger partial charge in [-0.25, -0.2) is 0 Å². The van der Waals surface area contributed by atoms with Crippen LogP contribution in [0.25, 0.3) is 0 Å². The van der Waals surface area contributed by atoms with Crippen LogP contribution >= 0.6 is 11.6 Å². The third-order valence-electron chi connectivity index (χ3n) is 3.88. The highest BCUT2D eigenvalue weighted by atomic mass is 35.5. The van der Waals surface area contributed by atoms with Gasteiger partial charge in [-0.2, -0.15) is 5.10 Å². The zero-order valence-corrected chi connectivity index (χ0v) is 15.9. The zero-order chi connectivity index (χ0) is 19.3. The highest BCUT2D eigenvalue weighted by Gasteiger charge is 2.19. The summed E-state index contributed by atoms with van der Waals surface area (Å²) in [5.74, 6) is -0.336. The van der Waals surface area contributed by atoms with Gasteiger partial charge in [0.1, 0.15) is 6.04 Å². The first kappa shape index (κ1) is 19.7. The minimum Gasteiger partial charge on any atom is -0.326 e. The molecule has 0 fully saturated rings. The molecule has 26 heavy (non-hydrogen) atoms. The van der Waals surface area contributed by atoms with Gasteiger partial charge in [-0.3, -0.25) is 14.3 Å². The molecule has 1 aromatic carbocycles. The number of rotatable bonds is 7. The number of nitrogens with one attached hydrogen (secondary N) is 2. The van der Waals surface area contributed by atoms with Gasteiger partial charge < -0.3 is 10.6 Å². The fraction of sp³-hybridized carbons (Fsp3) is 0.316. The summed E-state index contributed by atoms with van der Waals surface area (Å²) in [4.78, 5) is 24.2. The van der Waals surface area contributed by atoms with E-state index in [1.165, 1.54) is 0 Å². The Hall–Kier alpha value is -2.60. The summed E-state index contributed by atoms with van der Waals surface area (Å²) < 4.78 is 1.67. The number of allylic oxidation sites excluding steroid dienone is 1. The van der Waals surface area contributed by atoms with Gasteiger partial charge in [-0.15, -0.1) is 6.58 Å². The van der Waals surface area contributed by atoms with Crippen LogP contribution in [0, 0.1) is 13.8 Å². The third kappa shape index (κ3) is 4.95. The number of benzene rings is 1. The molecule has 2 amide bonds. The molecular weight excluding hydrogens is 352 g/mol. The molecule has 2 aromatic rings. The van der Waals surface area contributed by atoms with Gasteiger partial charge in [0.05, 0.1) is 16.4 Å². The molecule has 0 saturated heterocycles. The fourth-order valence-electron chi connectivity index (χ4n) is 2.54. The number of aromatic nitrogens is 2. The van der Waals surface area contributed by atoms with E-state index in [1.807, 2.05) is 19.9 Å². The first-order chi connectivity index (χ1) is 12.3. The summed E-state index contributed by atoms with van der Waals surface area (Å²) >= 11 is 6.24. The normalized spacial score (nSPS) is 11.7. The lowest BCUT2D eigenvalue weighted by atomic mass is 10.2. The average molecular weight is 375 g/mol. The first-order valence-electron chi connectivity index (χ1n) is 8.35. The van der Waals surface area contributed by atoms with Gasteiger partial charge in [0.25, 0.3) is 0 Å². The minimum atomic E-state index is -0.474. The molecule has 0 spiro atoms. The second-order valence-corrected chi connectivity index (χ2v) is 6.51. The van der Waals surface area contributed by atoms with Crippen LogP contribution in [0.15, 0.2) is 36.9 Å². The van der Waals surface area contributed by atoms with Gasteiger partial charge in [0, 0.05) is 17.8 Å². The van der Waals surface area contributed by atoms with Crippen LogP contribution in [0.1, 0.15) is 37.2 Å². The lowest BCUT2D eigenvalue weighted by Crippen LogP contribution is -2.25. The standard InChI is InChI=1S/C19H23ClN4O2/c1-5-6-7-18(25)21-15-8-9-17(16(20)11-15)22-19(26)14(4)24-13(3)10-12(2)23-24/h5,8-11,14H,1,6-7H2,2-4H3,(H,21,25)(H,22,26). The molecule has 0 radical (unpaired) electrons. The van der Waals surface area contributed by atoms with E-state index in [4.69, 9.17) is 11.6 Å². The number of halogens is 1. The van der Waals surface area contributed by atoms with E-state index in [0.29, 0.717) is 29.2 Å². The molecule has 0 saturated carbocycles. The van der Waals surface area contributed by atoms with Crippen LogP contribution < -0.4 is 10.6 Å². The van der Waals surface area contributed by atoms with Crippen LogP contribution in [0.4, 0.5) is 11.4 Å². The van der Waals surface area contributed by atoms with Crippen molar-refractivity contribution in [3.05, 3.63) is 53.3 Å². The molecule has 1 atom stereocenters. The molecule has 7 heteroatoms. The monoisotopic (exact) mass is 374 g/mol. The molecule has 138 valence electrons. The van der Waals surface area contributed by atoms with E-state index < -0.39 is 6.04 Å². The summed E-state index contributed by atoms with van der Waals surface area (Å²) in [5.41, 5.74) is 2.83. The Kier molecular flexibility index (Phi) is 6.58. The summed E-state index contributed by atoms with van der Waals surface area (Å²) in [6.45, 7) is 9.15. The van der Waals surface area contributed by atoms with E-state index in [1.54, 1.807) is 35.9 Å². The lowest BCUT2D eigenvalue weighted by molar-refractivity contribution is -0.119. The van der Waals surface area contributed by atoms with Gasteiger partial charge in [0.2, 0.25) is 11.8 Å². The summed E-state index contributed by atoms with van der Waals surface area (Å²) in [7, 11) is 0. The Balaban J connectivity index is 2.05. The Bertz CT molecular complexity index is 829. The molecule has 0 aliphatic rings. The van der Waals surface area contributed by atoms with Crippen molar-refractivity contribution in [1.29, 1.82) is 0 Å². The van der Waals surface area contributed by atoms with Crippen molar-refractivity contribution in [1.82, 2.24) is 9.78 Å². The lowest BCUT2D eigenvalue weighted by Gasteiger charge is -2.16. The van der Waals surface area contributed by atoms with Gasteiger partial charge >= 0.3 is 0 Å². The van der Waals surface area contributed by atoms with Crippen molar-refractivity contribution in [2.75, 3.05) is 10.6 Å². The average Bonchev–Trinajstić information content (AvgIpc) is 2.93. The predicted molar refractivity (Wildman–Crippen MR) is 105 cm³/mol. The SMILES string of the molecule is C=CCCC(=O)Nc1ccc(NC(=O)C(C)n2nc(C)cc2C)c(Cl)c1. The van der Waals surface area contributed by atoms with Gasteiger partial charge in [-0.05, 0) is 51.5 Å². The number of anilines is 2. The number of nitrogens with zero attached hydrogens (tertiary/aromatic N) is 2. The molecule has 0 aliphatic carbocycles. The number of amides is 2. The summed E-state index contributed by atoms with van der Waals surface area (Å²) in [6.07, 6.45) is 2.66. The van der Waals surface area contributed by atoms with Crippen molar-refractivity contribution < 1.29 is 9.59 Å². The van der Waals surface area contributed by atoms with E-state index in [-0.39, 0.29) is 11.8 Å². The molecule has 2 N–H and O–H groups in total. The number of carbonyl (C=O) groups is 2. The van der Waals surface area contributed by atoms with Crippen LogP contribution in [-0.2, 0) is 9.59 Å². The van der Waals surface area contributed by atoms with Crippen LogP contribution in [-0.4, -0.2) is 21.6 Å². The maximum absolute atomic E-state index is 12.5. The first-order valence-corrected chi connectivity index (χ1v) is 8.73. The van der Waals surface area contributed by atoms with Crippen LogP contribution in [0.3, 0.4) is 0 Å². The number of carbonyl (C=O) groups excluding carboxylic acids is 2. The van der Waals surface area contributed by atoms with Gasteiger partial charge in [0.15, 0.2) is 0 Å². The maximum atomic E-state index is 12.5. The largest absolute Gasteiger partial charge is 0.326 e. The molecule has 1 aromatic heterocycles. The van der Waals surface area contributed by atoms with E-state index in [0.717, 1.165) is 11.4 Å². The molecule has 1 heterocycles. The van der Waals surface area contributed by atoms with E-state index in [2.05, 4.69) is 22.3 Å². The Labute approximate surface area is 158 Å². The van der Waals surface area contributed by atoms with Crippen molar-refractivity contribution in [3.63, 3.8) is 0 Å². The number of hydrogen-bond acceptors (Lipinski definition) is 3. The van der Waals surface area contributed by atoms with Crippen molar-refractivity contribution >= 4 is 34.8 Å². The molecule has 0 bridgehead atoms. The third-order valence-corrected chi connectivity index (χ3v) is 4.19. The Morgan fingerprint density at radius 3 is 2.62 bits per heavy atom. The Morgan fingerprint density at radius 1 is 1.31 bits per heavy atom. The maximum Gasteiger partial charge on any atom is 0.248 e. The second-order valence-electron chi connectivity index (χ2n) is 6.11. The van der Waals surface area contributed by atoms with Crippen LogP contribution in [0.5, 0.6) is 0 Å². The van der Waals surface area contributed by atoms with E-state index >= 15 is 0 Å².